The summed E-state index contributed by atoms with van der Waals surface area (Å²) in [5.41, 5.74) is 10.1. The standard InChI is InChI=1S/C26H34N4O2/c1-3-30(16-6-14-27)19-21-8-4-9-22(17-21)23-13-15-28-26(29-23)10-5-7-20-11-12-25(32-2)24(31)18-20/h4,8-9,11-13,15,17-18,31H,3,5-7,10,14,16,19,27H2,1-2H3. The van der Waals surface area contributed by atoms with Crippen LogP contribution < -0.4 is 10.5 Å². The number of aryl methyl sites for hydroxylation is 2. The lowest BCUT2D eigenvalue weighted by atomic mass is 10.1. The van der Waals surface area contributed by atoms with E-state index in [1.54, 1.807) is 19.2 Å². The zero-order valence-electron chi connectivity index (χ0n) is 19.1. The molecule has 2 aromatic carbocycles. The third-order valence-corrected chi connectivity index (χ3v) is 5.57. The fourth-order valence-corrected chi connectivity index (χ4v) is 3.77. The van der Waals surface area contributed by atoms with Crippen molar-refractivity contribution in [3.63, 3.8) is 0 Å². The molecule has 0 fully saturated rings. The summed E-state index contributed by atoms with van der Waals surface area (Å²) in [5.74, 6) is 1.50. The summed E-state index contributed by atoms with van der Waals surface area (Å²) >= 11 is 0. The minimum absolute atomic E-state index is 0.174. The van der Waals surface area contributed by atoms with Crippen LogP contribution in [0.25, 0.3) is 11.3 Å². The van der Waals surface area contributed by atoms with Gasteiger partial charge in [0.1, 0.15) is 5.82 Å². The predicted octanol–water partition coefficient (Wildman–Crippen LogP) is 4.20. The second-order valence-electron chi connectivity index (χ2n) is 7.93. The van der Waals surface area contributed by atoms with E-state index in [-0.39, 0.29) is 5.75 Å². The van der Waals surface area contributed by atoms with Gasteiger partial charge in [0.15, 0.2) is 11.5 Å². The van der Waals surface area contributed by atoms with Crippen LogP contribution in [0.3, 0.4) is 0 Å². The molecule has 1 heterocycles. The fraction of sp³-hybridized carbons (Fsp3) is 0.385. The SMILES string of the molecule is CCN(CCCN)Cc1cccc(-c2ccnc(CCCc3ccc(OC)c(O)c3)n2)c1. The van der Waals surface area contributed by atoms with Crippen molar-refractivity contribution in [2.75, 3.05) is 26.7 Å². The molecule has 6 heteroatoms. The summed E-state index contributed by atoms with van der Waals surface area (Å²) in [4.78, 5) is 11.7. The molecule has 3 N–H and O–H groups in total. The van der Waals surface area contributed by atoms with Crippen LogP contribution in [-0.4, -0.2) is 46.7 Å². The van der Waals surface area contributed by atoms with Gasteiger partial charge in [0.2, 0.25) is 0 Å². The van der Waals surface area contributed by atoms with Gasteiger partial charge >= 0.3 is 0 Å². The minimum atomic E-state index is 0.174. The summed E-state index contributed by atoms with van der Waals surface area (Å²) in [6.45, 7) is 5.84. The molecule has 0 saturated heterocycles. The molecule has 0 saturated carbocycles. The van der Waals surface area contributed by atoms with Gasteiger partial charge < -0.3 is 15.6 Å². The van der Waals surface area contributed by atoms with E-state index in [1.807, 2.05) is 18.3 Å². The number of ether oxygens (including phenoxy) is 1. The number of aromatic nitrogens is 2. The van der Waals surface area contributed by atoms with Crippen LogP contribution in [0, 0.1) is 0 Å². The first-order valence-corrected chi connectivity index (χ1v) is 11.3. The first kappa shape index (κ1) is 23.7. The summed E-state index contributed by atoms with van der Waals surface area (Å²) in [6.07, 6.45) is 5.38. The smallest absolute Gasteiger partial charge is 0.160 e. The lowest BCUT2D eigenvalue weighted by molar-refractivity contribution is 0.278. The van der Waals surface area contributed by atoms with Gasteiger partial charge in [-0.05, 0) is 74.3 Å². The van der Waals surface area contributed by atoms with Crippen LogP contribution >= 0.6 is 0 Å². The number of hydrogen-bond acceptors (Lipinski definition) is 6. The second-order valence-corrected chi connectivity index (χ2v) is 7.93. The fourth-order valence-electron chi connectivity index (χ4n) is 3.77. The normalized spacial score (nSPS) is 11.1. The third-order valence-electron chi connectivity index (χ3n) is 5.57. The van der Waals surface area contributed by atoms with Crippen LogP contribution in [0.1, 0.15) is 36.7 Å². The first-order chi connectivity index (χ1) is 15.6. The van der Waals surface area contributed by atoms with Gasteiger partial charge in [0.05, 0.1) is 12.8 Å². The van der Waals surface area contributed by atoms with Gasteiger partial charge in [-0.25, -0.2) is 9.97 Å². The highest BCUT2D eigenvalue weighted by Gasteiger charge is 2.08. The van der Waals surface area contributed by atoms with E-state index < -0.39 is 0 Å². The Morgan fingerprint density at radius 1 is 1.03 bits per heavy atom. The van der Waals surface area contributed by atoms with Gasteiger partial charge in [0, 0.05) is 24.7 Å². The summed E-state index contributed by atoms with van der Waals surface area (Å²) in [7, 11) is 1.55. The maximum Gasteiger partial charge on any atom is 0.160 e. The number of benzene rings is 2. The number of aromatic hydroxyl groups is 1. The largest absolute Gasteiger partial charge is 0.504 e. The number of nitrogens with two attached hydrogens (primary N) is 1. The molecule has 3 rings (SSSR count). The van der Waals surface area contributed by atoms with Crippen molar-refractivity contribution < 1.29 is 9.84 Å². The first-order valence-electron chi connectivity index (χ1n) is 11.3. The highest BCUT2D eigenvalue weighted by Crippen LogP contribution is 2.27. The Bertz CT molecular complexity index is 993. The van der Waals surface area contributed by atoms with Gasteiger partial charge in [-0.1, -0.05) is 31.2 Å². The van der Waals surface area contributed by atoms with Crippen molar-refractivity contribution in [3.05, 3.63) is 71.7 Å². The Balaban J connectivity index is 1.62. The topological polar surface area (TPSA) is 84.5 Å². The van der Waals surface area contributed by atoms with E-state index in [0.717, 1.165) is 74.5 Å². The molecule has 6 nitrogen and oxygen atoms in total. The van der Waals surface area contributed by atoms with Crippen LogP contribution in [0.4, 0.5) is 0 Å². The van der Waals surface area contributed by atoms with E-state index in [1.165, 1.54) is 5.56 Å². The maximum absolute atomic E-state index is 9.95. The number of hydrogen-bond donors (Lipinski definition) is 2. The molecule has 0 unspecified atom stereocenters. The Morgan fingerprint density at radius 3 is 2.66 bits per heavy atom. The van der Waals surface area contributed by atoms with E-state index >= 15 is 0 Å². The Morgan fingerprint density at radius 2 is 1.91 bits per heavy atom. The Kier molecular flexibility index (Phi) is 9.01. The molecule has 1 aromatic heterocycles. The van der Waals surface area contributed by atoms with Crippen LogP contribution in [-0.2, 0) is 19.4 Å². The van der Waals surface area contributed by atoms with Crippen molar-refractivity contribution in [2.45, 2.75) is 39.2 Å². The average molecular weight is 435 g/mol. The molecule has 170 valence electrons. The molecule has 0 radical (unpaired) electrons. The monoisotopic (exact) mass is 434 g/mol. The molecule has 0 aliphatic carbocycles. The number of phenols is 1. The van der Waals surface area contributed by atoms with Crippen molar-refractivity contribution in [1.29, 1.82) is 0 Å². The van der Waals surface area contributed by atoms with Crippen LogP contribution in [0.2, 0.25) is 0 Å². The van der Waals surface area contributed by atoms with E-state index in [0.29, 0.717) is 5.75 Å². The highest BCUT2D eigenvalue weighted by molar-refractivity contribution is 5.59. The van der Waals surface area contributed by atoms with E-state index in [9.17, 15) is 5.11 Å². The van der Waals surface area contributed by atoms with E-state index in [4.69, 9.17) is 15.5 Å². The van der Waals surface area contributed by atoms with Gasteiger partial charge in [-0.2, -0.15) is 0 Å². The zero-order valence-corrected chi connectivity index (χ0v) is 19.1. The van der Waals surface area contributed by atoms with Crippen LogP contribution in [0.5, 0.6) is 11.5 Å². The second kappa shape index (κ2) is 12.2. The maximum atomic E-state index is 9.95. The molecule has 3 aromatic rings. The van der Waals surface area contributed by atoms with Gasteiger partial charge in [0.25, 0.3) is 0 Å². The zero-order chi connectivity index (χ0) is 22.8. The molecule has 0 atom stereocenters. The van der Waals surface area contributed by atoms with Crippen molar-refractivity contribution in [3.8, 4) is 22.8 Å². The van der Waals surface area contributed by atoms with E-state index in [2.05, 4.69) is 41.1 Å². The number of phenolic OH excluding ortho intramolecular Hbond substituents is 1. The molecule has 0 bridgehead atoms. The minimum Gasteiger partial charge on any atom is -0.504 e. The molecule has 0 spiro atoms. The Hall–Kier alpha value is -2.96. The summed E-state index contributed by atoms with van der Waals surface area (Å²) < 4.78 is 5.10. The summed E-state index contributed by atoms with van der Waals surface area (Å²) in [5, 5.41) is 9.95. The van der Waals surface area contributed by atoms with Crippen molar-refractivity contribution >= 4 is 0 Å². The Labute approximate surface area is 191 Å². The molecular weight excluding hydrogens is 400 g/mol. The van der Waals surface area contributed by atoms with Crippen LogP contribution in [0.15, 0.2) is 54.7 Å². The van der Waals surface area contributed by atoms with Crippen molar-refractivity contribution in [1.82, 2.24) is 14.9 Å². The molecule has 0 aliphatic rings. The highest BCUT2D eigenvalue weighted by atomic mass is 16.5. The molecule has 0 amide bonds. The molecule has 32 heavy (non-hydrogen) atoms. The van der Waals surface area contributed by atoms with Crippen molar-refractivity contribution in [2.24, 2.45) is 5.73 Å². The quantitative estimate of drug-likeness (QED) is 0.444. The number of nitrogens with zero attached hydrogens (tertiary/aromatic N) is 3. The number of rotatable bonds is 12. The van der Waals surface area contributed by atoms with Gasteiger partial charge in [-0.15, -0.1) is 0 Å². The lowest BCUT2D eigenvalue weighted by Gasteiger charge is -2.20. The van der Waals surface area contributed by atoms with Gasteiger partial charge in [-0.3, -0.25) is 4.90 Å². The molecular formula is C26H34N4O2. The third kappa shape index (κ3) is 6.77. The summed E-state index contributed by atoms with van der Waals surface area (Å²) in [6, 6.07) is 16.1. The lowest BCUT2D eigenvalue weighted by Crippen LogP contribution is -2.25. The number of methoxy groups -OCH3 is 1. The average Bonchev–Trinajstić information content (AvgIpc) is 2.82. The molecule has 0 aliphatic heterocycles. The predicted molar refractivity (Wildman–Crippen MR) is 129 cm³/mol.